The Morgan fingerprint density at radius 2 is 1.80 bits per heavy atom. The van der Waals surface area contributed by atoms with Crippen molar-refractivity contribution in [2.75, 3.05) is 18.5 Å². The highest BCUT2D eigenvalue weighted by atomic mass is 79.9. The maximum Gasteiger partial charge on any atom is 0.325 e. The smallest absolute Gasteiger partial charge is 0.325 e. The lowest BCUT2D eigenvalue weighted by molar-refractivity contribution is -0.146. The summed E-state index contributed by atoms with van der Waals surface area (Å²) < 4.78 is 5.72. The van der Waals surface area contributed by atoms with Gasteiger partial charge >= 0.3 is 5.97 Å². The number of anilines is 1. The van der Waals surface area contributed by atoms with E-state index < -0.39 is 18.5 Å². The van der Waals surface area contributed by atoms with Crippen molar-refractivity contribution in [2.45, 2.75) is 6.92 Å². The van der Waals surface area contributed by atoms with E-state index in [4.69, 9.17) is 4.74 Å². The van der Waals surface area contributed by atoms with Crippen LogP contribution >= 0.6 is 15.9 Å². The minimum atomic E-state index is -0.688. The van der Waals surface area contributed by atoms with Crippen molar-refractivity contribution in [3.8, 4) is 0 Å². The number of aryl methyl sites for hydroxylation is 1. The van der Waals surface area contributed by atoms with Crippen LogP contribution in [0.3, 0.4) is 0 Å². The van der Waals surface area contributed by atoms with Crippen LogP contribution in [0.4, 0.5) is 5.69 Å². The summed E-state index contributed by atoms with van der Waals surface area (Å²) in [5, 5.41) is 5.05. The van der Waals surface area contributed by atoms with Gasteiger partial charge in [-0.05, 0) is 43.3 Å². The molecule has 0 spiro atoms. The predicted octanol–water partition coefficient (Wildman–Crippen LogP) is 2.67. The maximum atomic E-state index is 11.9. The van der Waals surface area contributed by atoms with Gasteiger partial charge in [0.05, 0.1) is 0 Å². The number of halogens is 1. The highest BCUT2D eigenvalue weighted by Gasteiger charge is 2.11. The molecule has 0 atom stereocenters. The van der Waals surface area contributed by atoms with Crippen molar-refractivity contribution in [2.24, 2.45) is 0 Å². The zero-order chi connectivity index (χ0) is 18.2. The summed E-state index contributed by atoms with van der Waals surface area (Å²) in [6, 6.07) is 14.0. The molecule has 2 aromatic rings. The number of carbonyl (C=O) groups excluding carboxylic acids is 3. The van der Waals surface area contributed by atoms with Crippen molar-refractivity contribution in [3.05, 3.63) is 64.1 Å². The van der Waals surface area contributed by atoms with E-state index >= 15 is 0 Å². The Balaban J connectivity index is 1.72. The molecule has 7 heteroatoms. The van der Waals surface area contributed by atoms with Gasteiger partial charge in [-0.3, -0.25) is 14.4 Å². The van der Waals surface area contributed by atoms with E-state index in [2.05, 4.69) is 26.6 Å². The quantitative estimate of drug-likeness (QED) is 0.724. The number of carbonyl (C=O) groups is 3. The van der Waals surface area contributed by atoms with E-state index in [9.17, 15) is 14.4 Å². The largest absolute Gasteiger partial charge is 0.454 e. The number of esters is 1. The number of ether oxygens (including phenoxy) is 1. The Bertz CT molecular complexity index is 775. The van der Waals surface area contributed by atoms with Gasteiger partial charge in [-0.1, -0.05) is 33.6 Å². The highest BCUT2D eigenvalue weighted by Crippen LogP contribution is 2.13. The molecule has 2 rings (SSSR count). The van der Waals surface area contributed by atoms with E-state index in [1.807, 2.05) is 13.0 Å². The van der Waals surface area contributed by atoms with E-state index in [0.717, 1.165) is 10.0 Å². The molecule has 0 bridgehead atoms. The Morgan fingerprint density at radius 3 is 2.48 bits per heavy atom. The summed E-state index contributed by atoms with van der Waals surface area (Å²) in [4.78, 5) is 35.2. The lowest BCUT2D eigenvalue weighted by atomic mass is 10.1. The SMILES string of the molecule is Cc1cccc(C(=O)NCC(=O)OCC(=O)Nc2ccc(Br)cc2)c1. The molecule has 0 aromatic heterocycles. The third-order valence-corrected chi connectivity index (χ3v) is 3.69. The summed E-state index contributed by atoms with van der Waals surface area (Å²) in [5.41, 5.74) is 2.00. The van der Waals surface area contributed by atoms with E-state index in [0.29, 0.717) is 11.3 Å². The zero-order valence-corrected chi connectivity index (χ0v) is 15.1. The fourth-order valence-electron chi connectivity index (χ4n) is 1.97. The summed E-state index contributed by atoms with van der Waals surface area (Å²) in [7, 11) is 0. The van der Waals surface area contributed by atoms with Crippen LogP contribution in [0, 0.1) is 6.92 Å². The van der Waals surface area contributed by atoms with Crippen LogP contribution in [-0.2, 0) is 14.3 Å². The van der Waals surface area contributed by atoms with Crippen LogP contribution in [0.2, 0.25) is 0 Å². The van der Waals surface area contributed by atoms with E-state index in [1.54, 1.807) is 42.5 Å². The maximum absolute atomic E-state index is 11.9. The van der Waals surface area contributed by atoms with Gasteiger partial charge in [0, 0.05) is 15.7 Å². The van der Waals surface area contributed by atoms with Crippen LogP contribution in [0.1, 0.15) is 15.9 Å². The molecule has 0 aliphatic carbocycles. The molecule has 0 fully saturated rings. The third kappa shape index (κ3) is 6.39. The molecule has 0 saturated carbocycles. The third-order valence-electron chi connectivity index (χ3n) is 3.17. The second kappa shape index (κ2) is 8.98. The van der Waals surface area contributed by atoms with Crippen molar-refractivity contribution in [3.63, 3.8) is 0 Å². The molecule has 6 nitrogen and oxygen atoms in total. The van der Waals surface area contributed by atoms with Gasteiger partial charge in [0.2, 0.25) is 0 Å². The summed E-state index contributed by atoms with van der Waals surface area (Å²) in [6.45, 7) is 1.14. The molecular weight excluding hydrogens is 388 g/mol. The van der Waals surface area contributed by atoms with Crippen molar-refractivity contribution >= 4 is 39.4 Å². The monoisotopic (exact) mass is 404 g/mol. The Hall–Kier alpha value is -2.67. The van der Waals surface area contributed by atoms with Gasteiger partial charge in [0.25, 0.3) is 11.8 Å². The molecule has 25 heavy (non-hydrogen) atoms. The normalized spacial score (nSPS) is 10.0. The van der Waals surface area contributed by atoms with Gasteiger partial charge in [-0.2, -0.15) is 0 Å². The predicted molar refractivity (Wildman–Crippen MR) is 97.2 cm³/mol. The Morgan fingerprint density at radius 1 is 1.08 bits per heavy atom. The average Bonchev–Trinajstić information content (AvgIpc) is 2.60. The molecule has 0 aliphatic heterocycles. The first kappa shape index (κ1) is 18.7. The van der Waals surface area contributed by atoms with Gasteiger partial charge < -0.3 is 15.4 Å². The fourth-order valence-corrected chi connectivity index (χ4v) is 2.23. The van der Waals surface area contributed by atoms with Crippen LogP contribution in [0.25, 0.3) is 0 Å². The number of rotatable bonds is 6. The highest BCUT2D eigenvalue weighted by molar-refractivity contribution is 9.10. The molecule has 0 radical (unpaired) electrons. The summed E-state index contributed by atoms with van der Waals surface area (Å²) in [6.07, 6.45) is 0. The molecule has 0 aliphatic rings. The molecule has 2 N–H and O–H groups in total. The molecule has 2 aromatic carbocycles. The first-order valence-electron chi connectivity index (χ1n) is 7.50. The summed E-state index contributed by atoms with van der Waals surface area (Å²) >= 11 is 3.29. The topological polar surface area (TPSA) is 84.5 Å². The number of hydrogen-bond acceptors (Lipinski definition) is 4. The molecular formula is C18H17BrN2O4. The molecule has 2 amide bonds. The Labute approximate surface area is 153 Å². The number of hydrogen-bond donors (Lipinski definition) is 2. The van der Waals surface area contributed by atoms with Gasteiger partial charge in [-0.15, -0.1) is 0 Å². The number of nitrogens with one attached hydrogen (secondary N) is 2. The van der Waals surface area contributed by atoms with Crippen LogP contribution in [0.15, 0.2) is 53.0 Å². The number of benzene rings is 2. The van der Waals surface area contributed by atoms with Crippen molar-refractivity contribution in [1.82, 2.24) is 5.32 Å². The lowest BCUT2D eigenvalue weighted by Gasteiger charge is -2.08. The molecule has 0 unspecified atom stereocenters. The van der Waals surface area contributed by atoms with Crippen LogP contribution in [-0.4, -0.2) is 30.9 Å². The summed E-state index contributed by atoms with van der Waals surface area (Å²) in [5.74, 6) is -1.52. The Kier molecular flexibility index (Phi) is 6.71. The molecule has 0 heterocycles. The standard InChI is InChI=1S/C18H17BrN2O4/c1-12-3-2-4-13(9-12)18(24)20-10-17(23)25-11-16(22)21-15-7-5-14(19)6-8-15/h2-9H,10-11H2,1H3,(H,20,24)(H,21,22). The van der Waals surface area contributed by atoms with Crippen molar-refractivity contribution < 1.29 is 19.1 Å². The second-order valence-corrected chi connectivity index (χ2v) is 6.18. The van der Waals surface area contributed by atoms with Crippen molar-refractivity contribution in [1.29, 1.82) is 0 Å². The zero-order valence-electron chi connectivity index (χ0n) is 13.5. The fraction of sp³-hybridized carbons (Fsp3) is 0.167. The lowest BCUT2D eigenvalue weighted by Crippen LogP contribution is -2.32. The van der Waals surface area contributed by atoms with Gasteiger partial charge in [-0.25, -0.2) is 0 Å². The molecule has 130 valence electrons. The average molecular weight is 405 g/mol. The minimum absolute atomic E-state index is 0.307. The first-order valence-corrected chi connectivity index (χ1v) is 8.29. The van der Waals surface area contributed by atoms with Crippen LogP contribution < -0.4 is 10.6 Å². The number of amides is 2. The van der Waals surface area contributed by atoms with Gasteiger partial charge in [0.1, 0.15) is 6.54 Å². The van der Waals surface area contributed by atoms with Crippen LogP contribution in [0.5, 0.6) is 0 Å². The minimum Gasteiger partial charge on any atom is -0.454 e. The first-order chi connectivity index (χ1) is 11.9. The second-order valence-electron chi connectivity index (χ2n) is 5.27. The van der Waals surface area contributed by atoms with Gasteiger partial charge in [0.15, 0.2) is 6.61 Å². The van der Waals surface area contributed by atoms with E-state index in [-0.39, 0.29) is 12.5 Å². The molecule has 0 saturated heterocycles. The van der Waals surface area contributed by atoms with E-state index in [1.165, 1.54) is 0 Å².